The number of rotatable bonds is 1. The van der Waals surface area contributed by atoms with Crippen LogP contribution >= 0.6 is 0 Å². The Bertz CT molecular complexity index is 291. The Morgan fingerprint density at radius 3 is 2.41 bits per heavy atom. The van der Waals surface area contributed by atoms with Crippen LogP contribution in [-0.4, -0.2) is 24.4 Å². The Morgan fingerprint density at radius 1 is 1.18 bits per heavy atom. The third-order valence-electron chi connectivity index (χ3n) is 4.96. The first-order valence-corrected chi connectivity index (χ1v) is 6.84. The third-order valence-corrected chi connectivity index (χ3v) is 4.96. The van der Waals surface area contributed by atoms with E-state index in [-0.39, 0.29) is 18.3 Å². The Balaban J connectivity index is 1.71. The zero-order valence-electron chi connectivity index (χ0n) is 11.4. The van der Waals surface area contributed by atoms with Crippen LogP contribution in [0.15, 0.2) is 0 Å². The van der Waals surface area contributed by atoms with Crippen LogP contribution in [0.4, 0.5) is 0 Å². The Morgan fingerprint density at radius 2 is 1.82 bits per heavy atom. The average molecular weight is 236 g/mol. The first-order chi connectivity index (χ1) is 7.87. The first kappa shape index (κ1) is 12.0. The van der Waals surface area contributed by atoms with Gasteiger partial charge in [-0.1, -0.05) is 0 Å². The van der Waals surface area contributed by atoms with Gasteiger partial charge in [0, 0.05) is 12.1 Å². The second kappa shape index (κ2) is 3.72. The van der Waals surface area contributed by atoms with Crippen LogP contribution in [0.25, 0.3) is 0 Å². The lowest BCUT2D eigenvalue weighted by Crippen LogP contribution is -2.41. The van der Waals surface area contributed by atoms with Gasteiger partial charge in [0.2, 0.25) is 0 Å². The molecule has 3 aliphatic heterocycles. The number of hydrogen-bond donors (Lipinski definition) is 1. The van der Waals surface area contributed by atoms with Gasteiger partial charge in [0.05, 0.1) is 11.2 Å². The van der Waals surface area contributed by atoms with E-state index in [1.165, 1.54) is 25.3 Å². The second-order valence-electron chi connectivity index (χ2n) is 6.81. The van der Waals surface area contributed by atoms with Gasteiger partial charge in [-0.2, -0.15) is 0 Å². The maximum absolute atomic E-state index is 6.16. The van der Waals surface area contributed by atoms with Crippen LogP contribution in [-0.2, 0) is 9.31 Å². The van der Waals surface area contributed by atoms with E-state index in [4.69, 9.17) is 9.31 Å². The lowest BCUT2D eigenvalue weighted by atomic mass is 9.65. The molecule has 0 saturated carbocycles. The Kier molecular flexibility index (Phi) is 2.63. The van der Waals surface area contributed by atoms with Crippen molar-refractivity contribution in [2.45, 2.75) is 76.4 Å². The molecule has 0 aromatic heterocycles. The predicted molar refractivity (Wildman–Crippen MR) is 68.5 cm³/mol. The molecule has 0 spiro atoms. The summed E-state index contributed by atoms with van der Waals surface area (Å²) in [5, 5.41) is 3.59. The molecule has 1 N–H and O–H groups in total. The van der Waals surface area contributed by atoms with Crippen molar-refractivity contribution in [2.24, 2.45) is 0 Å². The molecular formula is C13H23BNO2. The lowest BCUT2D eigenvalue weighted by Gasteiger charge is -2.32. The fourth-order valence-electron chi connectivity index (χ4n) is 3.17. The minimum Gasteiger partial charge on any atom is -0.403 e. The average Bonchev–Trinajstić information content (AvgIpc) is 2.65. The van der Waals surface area contributed by atoms with Crippen LogP contribution in [0.3, 0.4) is 0 Å². The van der Waals surface area contributed by atoms with Gasteiger partial charge in [0.15, 0.2) is 0 Å². The maximum atomic E-state index is 6.16. The molecule has 2 bridgehead atoms. The van der Waals surface area contributed by atoms with Crippen molar-refractivity contribution in [3.63, 3.8) is 0 Å². The number of nitrogens with one attached hydrogen (secondary N) is 1. The van der Waals surface area contributed by atoms with E-state index in [1.54, 1.807) is 0 Å². The minimum absolute atomic E-state index is 0.0160. The molecule has 3 nitrogen and oxygen atoms in total. The van der Waals surface area contributed by atoms with Crippen molar-refractivity contribution in [2.75, 3.05) is 0 Å². The summed E-state index contributed by atoms with van der Waals surface area (Å²) in [6.07, 6.45) is 4.87. The highest BCUT2D eigenvalue weighted by molar-refractivity contribution is 6.47. The Labute approximate surface area is 105 Å². The van der Waals surface area contributed by atoms with Crippen molar-refractivity contribution < 1.29 is 9.31 Å². The van der Waals surface area contributed by atoms with Crippen molar-refractivity contribution in [1.29, 1.82) is 0 Å². The maximum Gasteiger partial charge on any atom is 0.461 e. The van der Waals surface area contributed by atoms with Crippen molar-refractivity contribution in [3.05, 3.63) is 6.04 Å². The summed E-state index contributed by atoms with van der Waals surface area (Å²) in [6, 6.07) is 2.18. The normalized spacial score (nSPS) is 39.9. The van der Waals surface area contributed by atoms with E-state index >= 15 is 0 Å². The molecule has 95 valence electrons. The second-order valence-corrected chi connectivity index (χ2v) is 6.81. The molecule has 4 heteroatoms. The van der Waals surface area contributed by atoms with Gasteiger partial charge >= 0.3 is 7.12 Å². The van der Waals surface area contributed by atoms with Gasteiger partial charge in [-0.3, -0.25) is 0 Å². The summed E-state index contributed by atoms with van der Waals surface area (Å²) in [6.45, 7) is 8.54. The van der Waals surface area contributed by atoms with Crippen LogP contribution in [0.5, 0.6) is 0 Å². The van der Waals surface area contributed by atoms with Crippen molar-refractivity contribution >= 4 is 7.12 Å². The van der Waals surface area contributed by atoms with Crippen molar-refractivity contribution in [3.8, 4) is 0 Å². The molecule has 0 amide bonds. The van der Waals surface area contributed by atoms with Crippen LogP contribution in [0.1, 0.15) is 53.4 Å². The molecule has 0 aromatic rings. The van der Waals surface area contributed by atoms with Gasteiger partial charge in [-0.25, -0.2) is 0 Å². The van der Waals surface area contributed by atoms with Crippen LogP contribution in [0, 0.1) is 6.04 Å². The molecule has 3 rings (SSSR count). The molecule has 0 aromatic carbocycles. The topological polar surface area (TPSA) is 30.5 Å². The smallest absolute Gasteiger partial charge is 0.403 e. The molecular weight excluding hydrogens is 213 g/mol. The highest BCUT2D eigenvalue weighted by Gasteiger charge is 2.55. The van der Waals surface area contributed by atoms with E-state index in [9.17, 15) is 0 Å². The Hall–Kier alpha value is -0.0551. The molecule has 0 aliphatic carbocycles. The van der Waals surface area contributed by atoms with Gasteiger partial charge in [0.1, 0.15) is 0 Å². The van der Waals surface area contributed by atoms with E-state index in [2.05, 4.69) is 33.0 Å². The number of piperidine rings is 1. The van der Waals surface area contributed by atoms with E-state index < -0.39 is 0 Å². The molecule has 2 unspecified atom stereocenters. The summed E-state index contributed by atoms with van der Waals surface area (Å²) >= 11 is 0. The zero-order chi connectivity index (χ0) is 12.3. The van der Waals surface area contributed by atoms with E-state index in [1.807, 2.05) is 0 Å². The first-order valence-electron chi connectivity index (χ1n) is 6.84. The highest BCUT2D eigenvalue weighted by atomic mass is 16.7. The summed E-state index contributed by atoms with van der Waals surface area (Å²) < 4.78 is 12.3. The molecule has 3 aliphatic rings. The minimum atomic E-state index is -0.188. The quantitative estimate of drug-likeness (QED) is 0.709. The molecule has 3 saturated heterocycles. The fraction of sp³-hybridized carbons (Fsp3) is 0.923. The standard InChI is InChI=1S/C13H23BNO2/c1-12(2)13(3,4)17-14(16-12)9-7-10-5-6-11(8-9)15-10/h9-10,15H,5-8H2,1-4H3. The molecule has 17 heavy (non-hydrogen) atoms. The van der Waals surface area contributed by atoms with Gasteiger partial charge in [-0.05, 0) is 59.2 Å². The predicted octanol–water partition coefficient (Wildman–Crippen LogP) is 2.53. The molecule has 3 heterocycles. The van der Waals surface area contributed by atoms with E-state index in [0.717, 1.165) is 6.42 Å². The SMILES string of the molecule is CC1(C)OB(C2C[C]3CCC(C2)N3)OC1(C)C. The summed E-state index contributed by atoms with van der Waals surface area (Å²) in [4.78, 5) is 0. The fourth-order valence-corrected chi connectivity index (χ4v) is 3.17. The van der Waals surface area contributed by atoms with E-state index in [0.29, 0.717) is 11.9 Å². The zero-order valence-corrected chi connectivity index (χ0v) is 11.4. The van der Waals surface area contributed by atoms with Crippen LogP contribution < -0.4 is 5.32 Å². The highest BCUT2D eigenvalue weighted by Crippen LogP contribution is 2.46. The number of fused-ring (bicyclic) bond motifs is 2. The molecule has 1 radical (unpaired) electrons. The van der Waals surface area contributed by atoms with Crippen molar-refractivity contribution in [1.82, 2.24) is 5.32 Å². The van der Waals surface area contributed by atoms with Gasteiger partial charge in [0.25, 0.3) is 0 Å². The monoisotopic (exact) mass is 236 g/mol. The summed E-state index contributed by atoms with van der Waals surface area (Å²) in [5.74, 6) is 0.541. The van der Waals surface area contributed by atoms with Crippen LogP contribution in [0.2, 0.25) is 5.82 Å². The largest absolute Gasteiger partial charge is 0.461 e. The summed E-state index contributed by atoms with van der Waals surface area (Å²) in [7, 11) is -0.0160. The van der Waals surface area contributed by atoms with Gasteiger partial charge < -0.3 is 14.6 Å². The molecule has 3 fully saturated rings. The molecule has 2 atom stereocenters. The number of hydrogen-bond acceptors (Lipinski definition) is 3. The van der Waals surface area contributed by atoms with Gasteiger partial charge in [-0.15, -0.1) is 0 Å². The third kappa shape index (κ3) is 1.94. The summed E-state index contributed by atoms with van der Waals surface area (Å²) in [5.41, 5.74) is -0.376. The lowest BCUT2D eigenvalue weighted by molar-refractivity contribution is 0.00578.